The molecule has 2 fully saturated rings. The van der Waals surface area contributed by atoms with Gasteiger partial charge in [-0.1, -0.05) is 12.3 Å². The summed E-state index contributed by atoms with van der Waals surface area (Å²) in [7, 11) is 1.91. The molecule has 17 heavy (non-hydrogen) atoms. The lowest BCUT2D eigenvalue weighted by molar-refractivity contribution is -0.129. The number of nitrogens with zero attached hydrogens (tertiary/aromatic N) is 1. The molecule has 3 atom stereocenters. The zero-order chi connectivity index (χ0) is 12.3. The molecule has 0 aromatic carbocycles. The largest absolute Gasteiger partial charge is 0.344 e. The predicted molar refractivity (Wildman–Crippen MR) is 68.3 cm³/mol. The highest BCUT2D eigenvalue weighted by molar-refractivity contribution is 5.78. The summed E-state index contributed by atoms with van der Waals surface area (Å²) in [6, 6.07) is 0. The Hall–Kier alpha value is -1.01. The van der Waals surface area contributed by atoms with Crippen molar-refractivity contribution in [3.05, 3.63) is 0 Å². The number of amides is 1. The summed E-state index contributed by atoms with van der Waals surface area (Å²) < 4.78 is 0. The van der Waals surface area contributed by atoms with Gasteiger partial charge in [0.25, 0.3) is 0 Å². The van der Waals surface area contributed by atoms with Gasteiger partial charge in [-0.3, -0.25) is 10.1 Å². The Morgan fingerprint density at radius 1 is 1.47 bits per heavy atom. The Labute approximate surface area is 104 Å². The molecule has 0 aliphatic heterocycles. The second kappa shape index (κ2) is 5.55. The van der Waals surface area contributed by atoms with E-state index in [2.05, 4.69) is 11.2 Å². The number of hydrogen-bond donors (Lipinski definition) is 1. The van der Waals surface area contributed by atoms with E-state index in [0.717, 1.165) is 24.3 Å². The van der Waals surface area contributed by atoms with Crippen molar-refractivity contribution < 1.29 is 4.79 Å². The van der Waals surface area contributed by atoms with Crippen LogP contribution in [0.3, 0.4) is 0 Å². The molecule has 3 nitrogen and oxygen atoms in total. The standard InChI is InChI=1S/C14H22N2O/c1-3-6-15-9-14(17)16(2)10-13-8-11-4-5-12(13)7-11/h1,11-13,15H,4-10H2,2H3. The molecule has 0 heterocycles. The minimum absolute atomic E-state index is 0.156. The molecule has 1 N–H and O–H groups in total. The smallest absolute Gasteiger partial charge is 0.236 e. The molecule has 2 rings (SSSR count). The van der Waals surface area contributed by atoms with Crippen molar-refractivity contribution in [3.8, 4) is 12.3 Å². The quantitative estimate of drug-likeness (QED) is 0.571. The summed E-state index contributed by atoms with van der Waals surface area (Å²) in [5.41, 5.74) is 0. The molecule has 0 radical (unpaired) electrons. The van der Waals surface area contributed by atoms with Crippen LogP contribution in [0.25, 0.3) is 0 Å². The third-order valence-electron chi connectivity index (χ3n) is 4.32. The Kier molecular flexibility index (Phi) is 4.06. The van der Waals surface area contributed by atoms with Crippen molar-refractivity contribution in [2.24, 2.45) is 17.8 Å². The molecule has 2 saturated carbocycles. The Morgan fingerprint density at radius 3 is 2.88 bits per heavy atom. The van der Waals surface area contributed by atoms with Crippen molar-refractivity contribution in [1.29, 1.82) is 0 Å². The first-order chi connectivity index (χ1) is 8.20. The molecule has 0 aromatic rings. The Bertz CT molecular complexity index is 321. The van der Waals surface area contributed by atoms with Gasteiger partial charge in [-0.05, 0) is 37.0 Å². The average molecular weight is 234 g/mol. The van der Waals surface area contributed by atoms with Crippen molar-refractivity contribution >= 4 is 5.91 Å². The maximum atomic E-state index is 11.8. The SMILES string of the molecule is C#CCNCC(=O)N(C)CC1CC2CCC1C2. The van der Waals surface area contributed by atoms with Gasteiger partial charge in [-0.25, -0.2) is 0 Å². The number of likely N-dealkylation sites (N-methyl/N-ethyl adjacent to an activating group) is 1. The van der Waals surface area contributed by atoms with E-state index < -0.39 is 0 Å². The van der Waals surface area contributed by atoms with Gasteiger partial charge in [0.2, 0.25) is 5.91 Å². The summed E-state index contributed by atoms with van der Waals surface area (Å²) in [4.78, 5) is 13.7. The fourth-order valence-corrected chi connectivity index (χ4v) is 3.43. The van der Waals surface area contributed by atoms with Crippen LogP contribution in [0.4, 0.5) is 0 Å². The van der Waals surface area contributed by atoms with Gasteiger partial charge in [0.15, 0.2) is 0 Å². The molecule has 2 bridgehead atoms. The summed E-state index contributed by atoms with van der Waals surface area (Å²) in [6.07, 6.45) is 10.7. The van der Waals surface area contributed by atoms with Gasteiger partial charge in [-0.2, -0.15) is 0 Å². The molecular formula is C14H22N2O. The highest BCUT2D eigenvalue weighted by atomic mass is 16.2. The first kappa shape index (κ1) is 12.4. The van der Waals surface area contributed by atoms with Crippen LogP contribution >= 0.6 is 0 Å². The van der Waals surface area contributed by atoms with E-state index >= 15 is 0 Å². The second-order valence-corrected chi connectivity index (χ2v) is 5.52. The van der Waals surface area contributed by atoms with E-state index in [1.54, 1.807) is 0 Å². The van der Waals surface area contributed by atoms with E-state index in [0.29, 0.717) is 13.1 Å². The lowest BCUT2D eigenvalue weighted by Gasteiger charge is -2.27. The summed E-state index contributed by atoms with van der Waals surface area (Å²) in [5.74, 6) is 5.21. The van der Waals surface area contributed by atoms with Crippen LogP contribution in [0.15, 0.2) is 0 Å². The Balaban J connectivity index is 1.71. The van der Waals surface area contributed by atoms with Gasteiger partial charge < -0.3 is 4.90 Å². The fraction of sp³-hybridized carbons (Fsp3) is 0.786. The predicted octanol–water partition coefficient (Wildman–Crippen LogP) is 1.10. The van der Waals surface area contributed by atoms with Crippen LogP contribution in [0, 0.1) is 30.1 Å². The van der Waals surface area contributed by atoms with Gasteiger partial charge in [0.05, 0.1) is 13.1 Å². The number of terminal acetylenes is 1. The van der Waals surface area contributed by atoms with Crippen LogP contribution in [0.1, 0.15) is 25.7 Å². The minimum atomic E-state index is 0.156. The topological polar surface area (TPSA) is 32.3 Å². The van der Waals surface area contributed by atoms with Gasteiger partial charge >= 0.3 is 0 Å². The number of fused-ring (bicyclic) bond motifs is 2. The van der Waals surface area contributed by atoms with Gasteiger partial charge in [-0.15, -0.1) is 6.42 Å². The number of carbonyl (C=O) groups is 1. The molecular weight excluding hydrogens is 212 g/mol. The molecule has 2 aliphatic carbocycles. The van der Waals surface area contributed by atoms with E-state index in [4.69, 9.17) is 6.42 Å². The first-order valence-electron chi connectivity index (χ1n) is 6.59. The van der Waals surface area contributed by atoms with E-state index in [-0.39, 0.29) is 5.91 Å². The second-order valence-electron chi connectivity index (χ2n) is 5.52. The summed E-state index contributed by atoms with van der Waals surface area (Å²) >= 11 is 0. The van der Waals surface area contributed by atoms with Crippen LogP contribution in [-0.4, -0.2) is 37.5 Å². The molecule has 0 saturated heterocycles. The number of carbonyl (C=O) groups excluding carboxylic acids is 1. The summed E-state index contributed by atoms with van der Waals surface area (Å²) in [6.45, 7) is 1.76. The third-order valence-corrected chi connectivity index (χ3v) is 4.32. The average Bonchev–Trinajstić information content (AvgIpc) is 2.91. The van der Waals surface area contributed by atoms with Crippen molar-refractivity contribution in [3.63, 3.8) is 0 Å². The Morgan fingerprint density at radius 2 is 2.29 bits per heavy atom. The normalized spacial score (nSPS) is 30.2. The number of rotatable bonds is 5. The maximum absolute atomic E-state index is 11.8. The van der Waals surface area contributed by atoms with Crippen molar-refractivity contribution in [2.75, 3.05) is 26.7 Å². The van der Waals surface area contributed by atoms with Crippen LogP contribution < -0.4 is 5.32 Å². The highest BCUT2D eigenvalue weighted by Crippen LogP contribution is 2.48. The molecule has 3 heteroatoms. The third kappa shape index (κ3) is 3.01. The fourth-order valence-electron chi connectivity index (χ4n) is 3.43. The molecule has 1 amide bonds. The number of hydrogen-bond acceptors (Lipinski definition) is 2. The number of nitrogens with one attached hydrogen (secondary N) is 1. The van der Waals surface area contributed by atoms with Crippen LogP contribution in [-0.2, 0) is 4.79 Å². The maximum Gasteiger partial charge on any atom is 0.236 e. The van der Waals surface area contributed by atoms with E-state index in [1.807, 2.05) is 11.9 Å². The summed E-state index contributed by atoms with van der Waals surface area (Å²) in [5, 5.41) is 2.95. The van der Waals surface area contributed by atoms with Crippen molar-refractivity contribution in [1.82, 2.24) is 10.2 Å². The van der Waals surface area contributed by atoms with Crippen LogP contribution in [0.2, 0.25) is 0 Å². The zero-order valence-electron chi connectivity index (χ0n) is 10.6. The monoisotopic (exact) mass is 234 g/mol. The molecule has 0 spiro atoms. The van der Waals surface area contributed by atoms with Crippen molar-refractivity contribution in [2.45, 2.75) is 25.7 Å². The van der Waals surface area contributed by atoms with E-state index in [1.165, 1.54) is 25.7 Å². The highest BCUT2D eigenvalue weighted by Gasteiger charge is 2.39. The van der Waals surface area contributed by atoms with Gasteiger partial charge in [0.1, 0.15) is 0 Å². The molecule has 0 aromatic heterocycles. The van der Waals surface area contributed by atoms with E-state index in [9.17, 15) is 4.79 Å². The lowest BCUT2D eigenvalue weighted by Crippen LogP contribution is -2.39. The minimum Gasteiger partial charge on any atom is -0.344 e. The zero-order valence-corrected chi connectivity index (χ0v) is 10.6. The lowest BCUT2D eigenvalue weighted by atomic mass is 9.88. The molecule has 94 valence electrons. The first-order valence-corrected chi connectivity index (χ1v) is 6.59. The molecule has 2 aliphatic rings. The van der Waals surface area contributed by atoms with Gasteiger partial charge in [0, 0.05) is 13.6 Å². The van der Waals surface area contributed by atoms with Crippen LogP contribution in [0.5, 0.6) is 0 Å². The molecule has 3 unspecified atom stereocenters.